The van der Waals surface area contributed by atoms with E-state index in [2.05, 4.69) is 18.0 Å². The predicted octanol–water partition coefficient (Wildman–Crippen LogP) is 2.72. The molecule has 2 nitrogen and oxygen atoms in total. The standard InChI is InChI=1S/C12H14ClNO/c1-8(13)7-14-11-6-5-10-9(11)3-2-4-12(10)15/h2-4,11,14-15H,1,5-7H2. The molecule has 2 rings (SSSR count). The molecule has 0 heterocycles. The van der Waals surface area contributed by atoms with Gasteiger partial charge in [0.2, 0.25) is 0 Å². The molecule has 1 aromatic rings. The van der Waals surface area contributed by atoms with Gasteiger partial charge in [-0.15, -0.1) is 0 Å². The lowest BCUT2D eigenvalue weighted by Gasteiger charge is -2.13. The Balaban J connectivity index is 2.14. The van der Waals surface area contributed by atoms with Gasteiger partial charge in [0.1, 0.15) is 5.75 Å². The maximum atomic E-state index is 9.66. The molecule has 0 aromatic heterocycles. The van der Waals surface area contributed by atoms with Crippen LogP contribution in [-0.4, -0.2) is 11.7 Å². The van der Waals surface area contributed by atoms with Crippen molar-refractivity contribution >= 4 is 11.6 Å². The van der Waals surface area contributed by atoms with Crippen LogP contribution in [0.1, 0.15) is 23.6 Å². The van der Waals surface area contributed by atoms with Gasteiger partial charge in [0.15, 0.2) is 0 Å². The predicted molar refractivity (Wildman–Crippen MR) is 62.2 cm³/mol. The highest BCUT2D eigenvalue weighted by Gasteiger charge is 2.23. The van der Waals surface area contributed by atoms with Crippen LogP contribution in [0.4, 0.5) is 0 Å². The Labute approximate surface area is 94.6 Å². The zero-order valence-corrected chi connectivity index (χ0v) is 9.22. The molecule has 80 valence electrons. The van der Waals surface area contributed by atoms with Gasteiger partial charge in [-0.25, -0.2) is 0 Å². The largest absolute Gasteiger partial charge is 0.508 e. The van der Waals surface area contributed by atoms with E-state index >= 15 is 0 Å². The average Bonchev–Trinajstić information content (AvgIpc) is 2.59. The molecule has 1 unspecified atom stereocenters. The molecule has 15 heavy (non-hydrogen) atoms. The van der Waals surface area contributed by atoms with Crippen LogP contribution in [0.2, 0.25) is 0 Å². The highest BCUT2D eigenvalue weighted by molar-refractivity contribution is 6.29. The number of aromatic hydroxyl groups is 1. The molecule has 2 N–H and O–H groups in total. The fourth-order valence-electron chi connectivity index (χ4n) is 2.08. The summed E-state index contributed by atoms with van der Waals surface area (Å²) in [5, 5.41) is 13.6. The third kappa shape index (κ3) is 2.16. The maximum Gasteiger partial charge on any atom is 0.119 e. The van der Waals surface area contributed by atoms with E-state index in [-0.39, 0.29) is 0 Å². The third-order valence-corrected chi connectivity index (χ3v) is 2.92. The topological polar surface area (TPSA) is 32.3 Å². The smallest absolute Gasteiger partial charge is 0.119 e. The number of phenolic OH excluding ortho intramolecular Hbond substituents is 1. The van der Waals surface area contributed by atoms with Crippen LogP contribution in [0.25, 0.3) is 0 Å². The van der Waals surface area contributed by atoms with Gasteiger partial charge in [-0.2, -0.15) is 0 Å². The summed E-state index contributed by atoms with van der Waals surface area (Å²) in [5.74, 6) is 0.404. The summed E-state index contributed by atoms with van der Waals surface area (Å²) in [6, 6.07) is 5.96. The van der Waals surface area contributed by atoms with Crippen molar-refractivity contribution in [3.63, 3.8) is 0 Å². The van der Waals surface area contributed by atoms with Crippen molar-refractivity contribution in [3.05, 3.63) is 40.9 Å². The number of nitrogens with one attached hydrogen (secondary N) is 1. The van der Waals surface area contributed by atoms with E-state index in [1.807, 2.05) is 6.07 Å². The van der Waals surface area contributed by atoms with Gasteiger partial charge in [0.05, 0.1) is 0 Å². The fourth-order valence-corrected chi connectivity index (χ4v) is 2.16. The molecule has 0 bridgehead atoms. The Hall–Kier alpha value is -0.990. The van der Waals surface area contributed by atoms with Crippen LogP contribution in [0.15, 0.2) is 29.8 Å². The second kappa shape index (κ2) is 4.25. The van der Waals surface area contributed by atoms with Crippen LogP contribution in [-0.2, 0) is 6.42 Å². The lowest BCUT2D eigenvalue weighted by Crippen LogP contribution is -2.20. The molecule has 1 aliphatic carbocycles. The minimum atomic E-state index is 0.294. The molecular weight excluding hydrogens is 210 g/mol. The first-order valence-electron chi connectivity index (χ1n) is 5.06. The van der Waals surface area contributed by atoms with E-state index in [9.17, 15) is 5.11 Å². The lowest BCUT2D eigenvalue weighted by molar-refractivity contribution is 0.469. The van der Waals surface area contributed by atoms with Gasteiger partial charge in [-0.1, -0.05) is 30.3 Å². The Kier molecular flexibility index (Phi) is 2.98. The van der Waals surface area contributed by atoms with Gasteiger partial charge in [0.25, 0.3) is 0 Å². The number of phenols is 1. The number of rotatable bonds is 3. The summed E-state index contributed by atoms with van der Waals surface area (Å²) >= 11 is 5.71. The lowest BCUT2D eigenvalue weighted by atomic mass is 10.1. The number of fused-ring (bicyclic) bond motifs is 1. The van der Waals surface area contributed by atoms with E-state index in [1.165, 1.54) is 5.56 Å². The van der Waals surface area contributed by atoms with Crippen LogP contribution in [0, 0.1) is 0 Å². The average molecular weight is 224 g/mol. The van der Waals surface area contributed by atoms with Gasteiger partial charge in [-0.05, 0) is 30.0 Å². The molecule has 1 aromatic carbocycles. The molecule has 0 amide bonds. The third-order valence-electron chi connectivity index (χ3n) is 2.79. The van der Waals surface area contributed by atoms with Crippen LogP contribution >= 0.6 is 11.6 Å². The Bertz CT molecular complexity index is 389. The van der Waals surface area contributed by atoms with E-state index < -0.39 is 0 Å². The molecule has 1 atom stereocenters. The first-order valence-corrected chi connectivity index (χ1v) is 5.43. The molecule has 3 heteroatoms. The van der Waals surface area contributed by atoms with E-state index in [0.717, 1.165) is 18.4 Å². The quantitative estimate of drug-likeness (QED) is 0.826. The van der Waals surface area contributed by atoms with Crippen molar-refractivity contribution in [1.29, 1.82) is 0 Å². The minimum Gasteiger partial charge on any atom is -0.508 e. The first kappa shape index (κ1) is 10.5. The summed E-state index contributed by atoms with van der Waals surface area (Å²) in [7, 11) is 0. The van der Waals surface area contributed by atoms with Crippen molar-refractivity contribution in [2.24, 2.45) is 0 Å². The van der Waals surface area contributed by atoms with E-state index in [1.54, 1.807) is 6.07 Å². The van der Waals surface area contributed by atoms with Crippen molar-refractivity contribution in [1.82, 2.24) is 5.32 Å². The molecule has 0 aliphatic heterocycles. The number of hydrogen-bond acceptors (Lipinski definition) is 2. The molecule has 1 aliphatic rings. The Morgan fingerprint density at radius 1 is 1.60 bits per heavy atom. The van der Waals surface area contributed by atoms with Crippen molar-refractivity contribution < 1.29 is 5.11 Å². The SMILES string of the molecule is C=C(Cl)CNC1CCc2c(O)cccc21. The normalized spacial score (nSPS) is 18.9. The Morgan fingerprint density at radius 2 is 2.40 bits per heavy atom. The second-order valence-corrected chi connectivity index (χ2v) is 4.37. The van der Waals surface area contributed by atoms with Crippen molar-refractivity contribution in [3.8, 4) is 5.75 Å². The van der Waals surface area contributed by atoms with Crippen molar-refractivity contribution in [2.75, 3.05) is 6.54 Å². The zero-order valence-electron chi connectivity index (χ0n) is 8.46. The molecular formula is C12H14ClNO. The maximum absolute atomic E-state index is 9.66. The second-order valence-electron chi connectivity index (χ2n) is 3.83. The number of halogens is 1. The van der Waals surface area contributed by atoms with Gasteiger partial charge in [0, 0.05) is 17.6 Å². The van der Waals surface area contributed by atoms with E-state index in [4.69, 9.17) is 11.6 Å². The summed E-state index contributed by atoms with van der Waals surface area (Å²) in [5.41, 5.74) is 2.25. The van der Waals surface area contributed by atoms with Gasteiger partial charge < -0.3 is 10.4 Å². The van der Waals surface area contributed by atoms with Gasteiger partial charge in [-0.3, -0.25) is 0 Å². The zero-order chi connectivity index (χ0) is 10.8. The minimum absolute atomic E-state index is 0.294. The number of hydrogen-bond donors (Lipinski definition) is 2. The highest BCUT2D eigenvalue weighted by Crippen LogP contribution is 2.36. The van der Waals surface area contributed by atoms with Crippen LogP contribution < -0.4 is 5.32 Å². The highest BCUT2D eigenvalue weighted by atomic mass is 35.5. The first-order chi connectivity index (χ1) is 7.18. The molecule has 0 saturated carbocycles. The molecule has 0 fully saturated rings. The van der Waals surface area contributed by atoms with Crippen molar-refractivity contribution in [2.45, 2.75) is 18.9 Å². The van der Waals surface area contributed by atoms with Gasteiger partial charge >= 0.3 is 0 Å². The van der Waals surface area contributed by atoms with E-state index in [0.29, 0.717) is 23.4 Å². The molecule has 0 spiro atoms. The monoisotopic (exact) mass is 223 g/mol. The summed E-state index contributed by atoms with van der Waals surface area (Å²) in [4.78, 5) is 0. The molecule has 0 radical (unpaired) electrons. The molecule has 0 saturated heterocycles. The fraction of sp³-hybridized carbons (Fsp3) is 0.333. The van der Waals surface area contributed by atoms with Crippen LogP contribution in [0.5, 0.6) is 5.75 Å². The van der Waals surface area contributed by atoms with Crippen LogP contribution in [0.3, 0.4) is 0 Å². The summed E-state index contributed by atoms with van der Waals surface area (Å²) < 4.78 is 0. The summed E-state index contributed by atoms with van der Waals surface area (Å²) in [6.07, 6.45) is 1.94. The Morgan fingerprint density at radius 3 is 3.13 bits per heavy atom. The number of benzene rings is 1. The summed E-state index contributed by atoms with van der Waals surface area (Å²) in [6.45, 7) is 4.26.